The van der Waals surface area contributed by atoms with Crippen molar-refractivity contribution in [2.45, 2.75) is 13.3 Å². The molecule has 3 rings (SSSR count). The van der Waals surface area contributed by atoms with Gasteiger partial charge in [0.1, 0.15) is 0 Å². The quantitative estimate of drug-likeness (QED) is 0.399. The van der Waals surface area contributed by atoms with Crippen molar-refractivity contribution in [3.8, 4) is 0 Å². The Balaban J connectivity index is 1.43. The molecule has 4 N–H and O–H groups in total. The zero-order valence-corrected chi connectivity index (χ0v) is 15.8. The summed E-state index contributed by atoms with van der Waals surface area (Å²) in [6.45, 7) is 2.19. The molecular formula is C18H19N5OS2. The van der Waals surface area contributed by atoms with Crippen LogP contribution >= 0.6 is 23.6 Å². The number of thiazole rings is 1. The van der Waals surface area contributed by atoms with Gasteiger partial charge in [0.25, 0.3) is 5.91 Å². The van der Waals surface area contributed by atoms with E-state index in [4.69, 9.17) is 12.2 Å². The minimum absolute atomic E-state index is 0.0980. The molecule has 3 aromatic rings. The topological polar surface area (TPSA) is 78.1 Å². The van der Waals surface area contributed by atoms with Crippen molar-refractivity contribution in [3.63, 3.8) is 0 Å². The monoisotopic (exact) mass is 385 g/mol. The molecule has 0 spiro atoms. The van der Waals surface area contributed by atoms with Gasteiger partial charge in [0.05, 0.1) is 16.8 Å². The van der Waals surface area contributed by atoms with Gasteiger partial charge in [0.15, 0.2) is 10.2 Å². The van der Waals surface area contributed by atoms with Crippen LogP contribution in [0.3, 0.4) is 0 Å². The minimum atomic E-state index is -0.240. The lowest BCUT2D eigenvalue weighted by atomic mass is 10.1. The molecule has 0 aliphatic rings. The van der Waals surface area contributed by atoms with Crippen molar-refractivity contribution in [1.82, 2.24) is 15.8 Å². The van der Waals surface area contributed by atoms with E-state index in [0.29, 0.717) is 10.2 Å². The fourth-order valence-electron chi connectivity index (χ4n) is 2.31. The Labute approximate surface area is 161 Å². The minimum Gasteiger partial charge on any atom is -0.352 e. The number of fused-ring (bicyclic) bond motifs is 1. The van der Waals surface area contributed by atoms with Crippen LogP contribution in [0.1, 0.15) is 12.5 Å². The highest BCUT2D eigenvalue weighted by atomic mass is 32.1. The molecule has 134 valence electrons. The summed E-state index contributed by atoms with van der Waals surface area (Å²) in [5, 5.41) is 7.08. The Kier molecular flexibility index (Phi) is 5.98. The number of nitrogens with one attached hydrogen (secondary N) is 4. The van der Waals surface area contributed by atoms with Crippen molar-refractivity contribution >= 4 is 55.6 Å². The lowest BCUT2D eigenvalue weighted by molar-refractivity contribution is -0.119. The molecule has 0 unspecified atom stereocenters. The summed E-state index contributed by atoms with van der Waals surface area (Å²) in [6, 6.07) is 15.8. The predicted octanol–water partition coefficient (Wildman–Crippen LogP) is 3.29. The molecule has 2 aromatic carbocycles. The van der Waals surface area contributed by atoms with E-state index in [1.807, 2.05) is 42.5 Å². The molecule has 1 amide bonds. The Bertz CT molecular complexity index is 892. The lowest BCUT2D eigenvalue weighted by Crippen LogP contribution is -2.45. The Morgan fingerprint density at radius 1 is 1.15 bits per heavy atom. The number of hydrogen-bond donors (Lipinski definition) is 4. The molecule has 0 radical (unpaired) electrons. The number of hydrazine groups is 1. The van der Waals surface area contributed by atoms with Gasteiger partial charge >= 0.3 is 0 Å². The van der Waals surface area contributed by atoms with E-state index in [-0.39, 0.29) is 12.5 Å². The number of benzene rings is 2. The maximum Gasteiger partial charge on any atom is 0.257 e. The van der Waals surface area contributed by atoms with Crippen LogP contribution < -0.4 is 21.5 Å². The zero-order valence-electron chi connectivity index (χ0n) is 14.2. The van der Waals surface area contributed by atoms with Crippen LogP contribution in [-0.2, 0) is 11.2 Å². The third-order valence-electron chi connectivity index (χ3n) is 3.60. The number of aryl methyl sites for hydroxylation is 1. The SMILES string of the molecule is CCc1cccc(NC(=S)NNC(=O)CNc2nc3ccccc3s2)c1. The summed E-state index contributed by atoms with van der Waals surface area (Å²) >= 11 is 6.70. The number of para-hydroxylation sites is 1. The second-order valence-corrected chi connectivity index (χ2v) is 6.96. The predicted molar refractivity (Wildman–Crippen MR) is 111 cm³/mol. The Morgan fingerprint density at radius 2 is 2.00 bits per heavy atom. The zero-order chi connectivity index (χ0) is 18.4. The summed E-state index contributed by atoms with van der Waals surface area (Å²) in [5.74, 6) is -0.240. The fourth-order valence-corrected chi connectivity index (χ4v) is 3.34. The summed E-state index contributed by atoms with van der Waals surface area (Å²) in [7, 11) is 0. The molecule has 1 heterocycles. The van der Waals surface area contributed by atoms with E-state index >= 15 is 0 Å². The van der Waals surface area contributed by atoms with Crippen molar-refractivity contribution in [2.24, 2.45) is 0 Å². The van der Waals surface area contributed by atoms with Crippen LogP contribution in [0.15, 0.2) is 48.5 Å². The molecule has 26 heavy (non-hydrogen) atoms. The molecule has 6 nitrogen and oxygen atoms in total. The first-order chi connectivity index (χ1) is 12.6. The third kappa shape index (κ3) is 4.90. The Morgan fingerprint density at radius 3 is 2.81 bits per heavy atom. The van der Waals surface area contributed by atoms with E-state index in [2.05, 4.69) is 39.5 Å². The van der Waals surface area contributed by atoms with Crippen LogP contribution in [0, 0.1) is 0 Å². The maximum absolute atomic E-state index is 11.9. The number of carbonyl (C=O) groups excluding carboxylic acids is 1. The number of aromatic nitrogens is 1. The van der Waals surface area contributed by atoms with Gasteiger partial charge in [0, 0.05) is 5.69 Å². The molecule has 0 saturated heterocycles. The van der Waals surface area contributed by atoms with Crippen LogP contribution in [-0.4, -0.2) is 22.5 Å². The highest BCUT2D eigenvalue weighted by Crippen LogP contribution is 2.24. The van der Waals surface area contributed by atoms with Gasteiger partial charge in [-0.2, -0.15) is 0 Å². The van der Waals surface area contributed by atoms with E-state index < -0.39 is 0 Å². The number of carbonyl (C=O) groups is 1. The summed E-state index contributed by atoms with van der Waals surface area (Å²) in [5.41, 5.74) is 8.26. The molecule has 0 bridgehead atoms. The lowest BCUT2D eigenvalue weighted by Gasteiger charge is -2.12. The van der Waals surface area contributed by atoms with Gasteiger partial charge in [-0.1, -0.05) is 42.5 Å². The number of thiocarbonyl (C=S) groups is 1. The van der Waals surface area contributed by atoms with E-state index in [9.17, 15) is 4.79 Å². The van der Waals surface area contributed by atoms with Gasteiger partial charge in [-0.3, -0.25) is 15.6 Å². The third-order valence-corrected chi connectivity index (χ3v) is 4.80. The fraction of sp³-hybridized carbons (Fsp3) is 0.167. The number of amides is 1. The molecule has 0 atom stereocenters. The molecule has 1 aromatic heterocycles. The second-order valence-electron chi connectivity index (χ2n) is 5.52. The number of hydrogen-bond acceptors (Lipinski definition) is 5. The first-order valence-corrected chi connectivity index (χ1v) is 9.40. The first kappa shape index (κ1) is 18.1. The number of rotatable bonds is 5. The van der Waals surface area contributed by atoms with E-state index in [0.717, 1.165) is 22.3 Å². The molecule has 0 fully saturated rings. The van der Waals surface area contributed by atoms with Crippen molar-refractivity contribution in [3.05, 3.63) is 54.1 Å². The smallest absolute Gasteiger partial charge is 0.257 e. The average Bonchev–Trinajstić information content (AvgIpc) is 3.08. The van der Waals surface area contributed by atoms with E-state index in [1.165, 1.54) is 16.9 Å². The van der Waals surface area contributed by atoms with Crippen molar-refractivity contribution < 1.29 is 4.79 Å². The largest absolute Gasteiger partial charge is 0.352 e. The second kappa shape index (κ2) is 8.59. The molecule has 0 aliphatic heterocycles. The van der Waals surface area contributed by atoms with Crippen LogP contribution in [0.4, 0.5) is 10.8 Å². The van der Waals surface area contributed by atoms with Gasteiger partial charge in [-0.05, 0) is 48.5 Å². The van der Waals surface area contributed by atoms with Crippen LogP contribution in [0.5, 0.6) is 0 Å². The number of anilines is 2. The van der Waals surface area contributed by atoms with E-state index in [1.54, 1.807) is 0 Å². The molecule has 0 aliphatic carbocycles. The van der Waals surface area contributed by atoms with Crippen LogP contribution in [0.25, 0.3) is 10.2 Å². The maximum atomic E-state index is 11.9. The van der Waals surface area contributed by atoms with Gasteiger partial charge < -0.3 is 10.6 Å². The number of nitrogens with zero attached hydrogens (tertiary/aromatic N) is 1. The molecular weight excluding hydrogens is 366 g/mol. The summed E-state index contributed by atoms with van der Waals surface area (Å²) in [6.07, 6.45) is 0.948. The van der Waals surface area contributed by atoms with Crippen LogP contribution in [0.2, 0.25) is 0 Å². The first-order valence-electron chi connectivity index (χ1n) is 8.18. The average molecular weight is 386 g/mol. The standard InChI is InChI=1S/C18H19N5OS2/c1-2-12-6-5-7-13(10-12)20-17(25)23-22-16(24)11-19-18-21-14-8-3-4-9-15(14)26-18/h3-10H,2,11H2,1H3,(H,19,21)(H,22,24)(H2,20,23,25). The van der Waals surface area contributed by atoms with Gasteiger partial charge in [-0.25, -0.2) is 4.98 Å². The molecule has 8 heteroatoms. The Hall–Kier alpha value is -2.71. The van der Waals surface area contributed by atoms with Crippen molar-refractivity contribution in [2.75, 3.05) is 17.2 Å². The van der Waals surface area contributed by atoms with Crippen molar-refractivity contribution in [1.29, 1.82) is 0 Å². The molecule has 0 saturated carbocycles. The highest BCUT2D eigenvalue weighted by Gasteiger charge is 2.06. The van der Waals surface area contributed by atoms with Gasteiger partial charge in [-0.15, -0.1) is 0 Å². The highest BCUT2D eigenvalue weighted by molar-refractivity contribution is 7.80. The summed E-state index contributed by atoms with van der Waals surface area (Å²) < 4.78 is 1.08. The van der Waals surface area contributed by atoms with Gasteiger partial charge in [0.2, 0.25) is 0 Å². The summed E-state index contributed by atoms with van der Waals surface area (Å²) in [4.78, 5) is 16.4. The normalized spacial score (nSPS) is 10.3.